The Morgan fingerprint density at radius 3 is 2.67 bits per heavy atom. The third-order valence-electron chi connectivity index (χ3n) is 3.54. The lowest BCUT2D eigenvalue weighted by molar-refractivity contribution is 0.0600. The summed E-state index contributed by atoms with van der Waals surface area (Å²) < 4.78 is 34.9. The third-order valence-corrected chi connectivity index (χ3v) is 4.03. The Balaban J connectivity index is 2.08. The molecule has 1 heterocycles. The van der Waals surface area contributed by atoms with Crippen molar-refractivity contribution in [1.82, 2.24) is 9.55 Å². The first-order chi connectivity index (χ1) is 11.4. The summed E-state index contributed by atoms with van der Waals surface area (Å²) in [5.41, 5.74) is 0.734. The van der Waals surface area contributed by atoms with Crippen molar-refractivity contribution >= 4 is 44.6 Å². The second-order valence-electron chi connectivity index (χ2n) is 5.06. The molecule has 0 saturated carbocycles. The molecule has 0 unspecified atom stereocenters. The Labute approximate surface area is 144 Å². The van der Waals surface area contributed by atoms with Crippen LogP contribution in [0.3, 0.4) is 0 Å². The summed E-state index contributed by atoms with van der Waals surface area (Å²) in [6.07, 6.45) is 0. The average Bonchev–Trinajstić information content (AvgIpc) is 2.86. The predicted octanol–water partition coefficient (Wildman–Crippen LogP) is 4.14. The molecule has 2 aromatic carbocycles. The van der Waals surface area contributed by atoms with Gasteiger partial charge in [-0.05, 0) is 30.3 Å². The van der Waals surface area contributed by atoms with Crippen molar-refractivity contribution in [3.63, 3.8) is 0 Å². The number of imidazole rings is 1. The SMILES string of the molecule is COC(=O)c1cc(F)c2nc(Nc3ccc(Br)cc3F)n(C)c2c1. The molecule has 0 aliphatic carbocycles. The summed E-state index contributed by atoms with van der Waals surface area (Å²) in [6.45, 7) is 0. The number of nitrogens with zero attached hydrogens (tertiary/aromatic N) is 2. The molecule has 1 aromatic heterocycles. The highest BCUT2D eigenvalue weighted by molar-refractivity contribution is 9.10. The van der Waals surface area contributed by atoms with Gasteiger partial charge in [0.2, 0.25) is 5.95 Å². The van der Waals surface area contributed by atoms with E-state index in [0.29, 0.717) is 9.99 Å². The number of methoxy groups -OCH3 is 1. The number of benzene rings is 2. The smallest absolute Gasteiger partial charge is 0.338 e. The molecule has 0 aliphatic rings. The number of aromatic nitrogens is 2. The highest BCUT2D eigenvalue weighted by Gasteiger charge is 2.17. The maximum Gasteiger partial charge on any atom is 0.338 e. The minimum atomic E-state index is -0.659. The average molecular weight is 396 g/mol. The fourth-order valence-electron chi connectivity index (χ4n) is 2.30. The van der Waals surface area contributed by atoms with E-state index in [1.165, 1.54) is 29.9 Å². The zero-order chi connectivity index (χ0) is 17.4. The molecule has 0 aliphatic heterocycles. The molecule has 0 saturated heterocycles. The van der Waals surface area contributed by atoms with Crippen molar-refractivity contribution in [2.24, 2.45) is 7.05 Å². The van der Waals surface area contributed by atoms with Gasteiger partial charge in [0.25, 0.3) is 0 Å². The fraction of sp³-hybridized carbons (Fsp3) is 0.125. The van der Waals surface area contributed by atoms with Gasteiger partial charge in [-0.2, -0.15) is 0 Å². The van der Waals surface area contributed by atoms with Gasteiger partial charge in [0, 0.05) is 11.5 Å². The van der Waals surface area contributed by atoms with Crippen molar-refractivity contribution in [2.45, 2.75) is 0 Å². The summed E-state index contributed by atoms with van der Waals surface area (Å²) >= 11 is 3.18. The molecule has 24 heavy (non-hydrogen) atoms. The summed E-state index contributed by atoms with van der Waals surface area (Å²) in [7, 11) is 2.85. The van der Waals surface area contributed by atoms with Crippen LogP contribution in [0.5, 0.6) is 0 Å². The largest absolute Gasteiger partial charge is 0.465 e. The molecule has 3 aromatic rings. The van der Waals surface area contributed by atoms with Gasteiger partial charge in [0.15, 0.2) is 5.82 Å². The Morgan fingerprint density at radius 1 is 1.25 bits per heavy atom. The van der Waals surface area contributed by atoms with Crippen LogP contribution in [-0.4, -0.2) is 22.6 Å². The quantitative estimate of drug-likeness (QED) is 0.677. The van der Waals surface area contributed by atoms with Crippen LogP contribution < -0.4 is 5.32 Å². The molecule has 0 spiro atoms. The van der Waals surface area contributed by atoms with Gasteiger partial charge >= 0.3 is 5.97 Å². The number of anilines is 2. The zero-order valence-corrected chi connectivity index (χ0v) is 14.3. The van der Waals surface area contributed by atoms with Crippen molar-refractivity contribution in [1.29, 1.82) is 0 Å². The highest BCUT2D eigenvalue weighted by Crippen LogP contribution is 2.27. The van der Waals surface area contributed by atoms with E-state index in [1.54, 1.807) is 13.1 Å². The number of esters is 1. The molecule has 3 rings (SSSR count). The minimum Gasteiger partial charge on any atom is -0.465 e. The second-order valence-corrected chi connectivity index (χ2v) is 5.98. The topological polar surface area (TPSA) is 56.1 Å². The monoisotopic (exact) mass is 395 g/mol. The van der Waals surface area contributed by atoms with Gasteiger partial charge in [-0.3, -0.25) is 0 Å². The van der Waals surface area contributed by atoms with E-state index in [9.17, 15) is 13.6 Å². The lowest BCUT2D eigenvalue weighted by atomic mass is 10.2. The van der Waals surface area contributed by atoms with Gasteiger partial charge in [-0.1, -0.05) is 15.9 Å². The molecule has 0 atom stereocenters. The number of carbonyl (C=O) groups is 1. The number of hydrogen-bond donors (Lipinski definition) is 1. The fourth-order valence-corrected chi connectivity index (χ4v) is 2.64. The van der Waals surface area contributed by atoms with Crippen LogP contribution in [0.1, 0.15) is 10.4 Å². The van der Waals surface area contributed by atoms with Crippen molar-refractivity contribution in [3.8, 4) is 0 Å². The molecular formula is C16H12BrF2N3O2. The van der Waals surface area contributed by atoms with Crippen LogP contribution >= 0.6 is 15.9 Å². The first-order valence-corrected chi connectivity index (χ1v) is 7.66. The molecule has 0 bridgehead atoms. The van der Waals surface area contributed by atoms with E-state index in [-0.39, 0.29) is 22.7 Å². The molecular weight excluding hydrogens is 384 g/mol. The Kier molecular flexibility index (Phi) is 4.23. The first kappa shape index (κ1) is 16.4. The zero-order valence-electron chi connectivity index (χ0n) is 12.7. The van der Waals surface area contributed by atoms with Gasteiger partial charge in [0.1, 0.15) is 11.3 Å². The molecule has 1 N–H and O–H groups in total. The number of halogens is 3. The maximum atomic E-state index is 14.2. The number of nitrogens with one attached hydrogen (secondary N) is 1. The lowest BCUT2D eigenvalue weighted by Crippen LogP contribution is -2.03. The number of aryl methyl sites for hydroxylation is 1. The normalized spacial score (nSPS) is 10.9. The second kappa shape index (κ2) is 6.20. The molecule has 0 amide bonds. The van der Waals surface area contributed by atoms with E-state index >= 15 is 0 Å². The van der Waals surface area contributed by atoms with Gasteiger partial charge in [-0.15, -0.1) is 0 Å². The Morgan fingerprint density at radius 2 is 2.00 bits per heavy atom. The van der Waals surface area contributed by atoms with Gasteiger partial charge < -0.3 is 14.6 Å². The Hall–Kier alpha value is -2.48. The maximum absolute atomic E-state index is 14.2. The number of carbonyl (C=O) groups excluding carboxylic acids is 1. The van der Waals surface area contributed by atoms with E-state index in [1.807, 2.05) is 0 Å². The van der Waals surface area contributed by atoms with Crippen LogP contribution in [0, 0.1) is 11.6 Å². The van der Waals surface area contributed by atoms with Crippen LogP contribution in [0.15, 0.2) is 34.8 Å². The first-order valence-electron chi connectivity index (χ1n) is 6.87. The number of hydrogen-bond acceptors (Lipinski definition) is 4. The standard InChI is InChI=1S/C16H12BrF2N3O2/c1-22-13-6-8(15(23)24-2)5-11(19)14(13)21-16(22)20-12-4-3-9(17)7-10(12)18/h3-7H,1-2H3,(H,20,21). The number of ether oxygens (including phenoxy) is 1. The van der Waals surface area contributed by atoms with E-state index in [4.69, 9.17) is 0 Å². The Bertz CT molecular complexity index is 956. The molecule has 124 valence electrons. The van der Waals surface area contributed by atoms with E-state index in [2.05, 4.69) is 31.0 Å². The van der Waals surface area contributed by atoms with Gasteiger partial charge in [0.05, 0.1) is 23.9 Å². The van der Waals surface area contributed by atoms with Crippen molar-refractivity contribution in [2.75, 3.05) is 12.4 Å². The van der Waals surface area contributed by atoms with Crippen molar-refractivity contribution in [3.05, 3.63) is 52.0 Å². The summed E-state index contributed by atoms with van der Waals surface area (Å²) in [5, 5.41) is 2.82. The van der Waals surface area contributed by atoms with Crippen LogP contribution in [-0.2, 0) is 11.8 Å². The van der Waals surface area contributed by atoms with Crippen LogP contribution in [0.2, 0.25) is 0 Å². The van der Waals surface area contributed by atoms with E-state index < -0.39 is 17.6 Å². The molecule has 5 nitrogen and oxygen atoms in total. The van der Waals surface area contributed by atoms with Crippen LogP contribution in [0.4, 0.5) is 20.4 Å². The lowest BCUT2D eigenvalue weighted by Gasteiger charge is -2.07. The van der Waals surface area contributed by atoms with Crippen LogP contribution in [0.25, 0.3) is 11.0 Å². The van der Waals surface area contributed by atoms with Gasteiger partial charge in [-0.25, -0.2) is 18.6 Å². The summed E-state index contributed by atoms with van der Waals surface area (Å²) in [5.74, 6) is -1.54. The molecule has 0 fully saturated rings. The number of fused-ring (bicyclic) bond motifs is 1. The van der Waals surface area contributed by atoms with Crippen molar-refractivity contribution < 1.29 is 18.3 Å². The van der Waals surface area contributed by atoms with E-state index in [0.717, 1.165) is 6.07 Å². The summed E-state index contributed by atoms with van der Waals surface area (Å²) in [4.78, 5) is 15.8. The molecule has 8 heteroatoms. The minimum absolute atomic E-state index is 0.0742. The third kappa shape index (κ3) is 2.84. The highest BCUT2D eigenvalue weighted by atomic mass is 79.9. The predicted molar refractivity (Wildman–Crippen MR) is 89.4 cm³/mol. The number of rotatable bonds is 3. The molecule has 0 radical (unpaired) electrons. The summed E-state index contributed by atoms with van der Waals surface area (Å²) in [6, 6.07) is 7.05.